The molecule has 1 amide bonds. The average molecular weight is 435 g/mol. The zero-order valence-corrected chi connectivity index (χ0v) is 16.2. The number of nitrogens with zero attached hydrogens (tertiary/aromatic N) is 4. The standard InChI is InChI=1S/C20H17F4N5O2/c1-29-6-2-3-14(19(29)31)26-18-12-9-25-5-4-11(12)17(27-28-18)16-13(21)7-10(8-15(16)30)20(22,23)24/h4-5,7-9,14,30H,2-3,6H2,1H3,(H,26,28). The number of pyridine rings is 1. The zero-order chi connectivity index (χ0) is 22.3. The van der Waals surface area contributed by atoms with E-state index in [0.29, 0.717) is 35.9 Å². The molecule has 1 atom stereocenters. The second kappa shape index (κ2) is 7.64. The third-order valence-electron chi connectivity index (χ3n) is 5.19. The first-order valence-electron chi connectivity index (χ1n) is 9.39. The summed E-state index contributed by atoms with van der Waals surface area (Å²) in [4.78, 5) is 18.0. The van der Waals surface area contributed by atoms with Gasteiger partial charge >= 0.3 is 6.18 Å². The highest BCUT2D eigenvalue weighted by Crippen LogP contribution is 2.40. The molecule has 1 aliphatic rings. The summed E-state index contributed by atoms with van der Waals surface area (Å²) in [6.07, 6.45) is -0.612. The Labute approximate surface area is 173 Å². The van der Waals surface area contributed by atoms with E-state index >= 15 is 0 Å². The molecule has 0 saturated carbocycles. The molecule has 1 aliphatic heterocycles. The number of fused-ring (bicyclic) bond motifs is 1. The molecule has 3 aromatic rings. The molecule has 1 unspecified atom stereocenters. The van der Waals surface area contributed by atoms with E-state index in [-0.39, 0.29) is 17.4 Å². The summed E-state index contributed by atoms with van der Waals surface area (Å²) in [6, 6.07) is 1.69. The third kappa shape index (κ3) is 3.82. The molecule has 1 fully saturated rings. The van der Waals surface area contributed by atoms with Crippen LogP contribution in [-0.4, -0.2) is 50.7 Å². The molecular weight excluding hydrogens is 418 g/mol. The Morgan fingerprint density at radius 2 is 2.00 bits per heavy atom. The zero-order valence-electron chi connectivity index (χ0n) is 16.2. The Balaban J connectivity index is 1.80. The van der Waals surface area contributed by atoms with Crippen LogP contribution in [0.15, 0.2) is 30.6 Å². The van der Waals surface area contributed by atoms with Crippen molar-refractivity contribution in [1.82, 2.24) is 20.1 Å². The van der Waals surface area contributed by atoms with Crippen molar-refractivity contribution in [2.75, 3.05) is 18.9 Å². The van der Waals surface area contributed by atoms with Gasteiger partial charge in [0.05, 0.1) is 11.1 Å². The summed E-state index contributed by atoms with van der Waals surface area (Å²) in [7, 11) is 1.70. The fraction of sp³-hybridized carbons (Fsp3) is 0.300. The lowest BCUT2D eigenvalue weighted by Gasteiger charge is -2.30. The second-order valence-electron chi connectivity index (χ2n) is 7.27. The Hall–Kier alpha value is -3.50. The molecule has 1 aromatic carbocycles. The van der Waals surface area contributed by atoms with Gasteiger partial charge in [-0.15, -0.1) is 10.2 Å². The summed E-state index contributed by atoms with van der Waals surface area (Å²) in [5.74, 6) is -2.08. The lowest BCUT2D eigenvalue weighted by atomic mass is 10.0. The number of likely N-dealkylation sites (tertiary alicyclic amines) is 1. The van der Waals surface area contributed by atoms with Crippen molar-refractivity contribution in [2.45, 2.75) is 25.1 Å². The first kappa shape index (κ1) is 20.8. The van der Waals surface area contributed by atoms with Gasteiger partial charge in [0.25, 0.3) is 0 Å². The highest BCUT2D eigenvalue weighted by molar-refractivity contribution is 6.01. The van der Waals surface area contributed by atoms with Crippen LogP contribution in [0.4, 0.5) is 23.4 Å². The van der Waals surface area contributed by atoms with Gasteiger partial charge in [0.2, 0.25) is 5.91 Å². The van der Waals surface area contributed by atoms with Gasteiger partial charge in [-0.1, -0.05) is 0 Å². The van der Waals surface area contributed by atoms with Crippen LogP contribution in [0.5, 0.6) is 5.75 Å². The van der Waals surface area contributed by atoms with Gasteiger partial charge in [0.1, 0.15) is 23.3 Å². The number of hydrogen-bond donors (Lipinski definition) is 2. The monoisotopic (exact) mass is 435 g/mol. The SMILES string of the molecule is CN1CCCC(Nc2nnc(-c3c(O)cc(C(F)(F)F)cc3F)c3ccncc23)C1=O. The van der Waals surface area contributed by atoms with Crippen molar-refractivity contribution in [3.63, 3.8) is 0 Å². The average Bonchev–Trinajstić information content (AvgIpc) is 2.71. The topological polar surface area (TPSA) is 91.2 Å². The van der Waals surface area contributed by atoms with E-state index in [4.69, 9.17) is 0 Å². The van der Waals surface area contributed by atoms with Gasteiger partial charge < -0.3 is 15.3 Å². The maximum atomic E-state index is 14.6. The summed E-state index contributed by atoms with van der Waals surface area (Å²) in [5.41, 5.74) is -1.96. The smallest absolute Gasteiger partial charge is 0.416 e. The predicted molar refractivity (Wildman–Crippen MR) is 104 cm³/mol. The molecule has 0 bridgehead atoms. The molecule has 0 spiro atoms. The number of hydrogen-bond acceptors (Lipinski definition) is 6. The first-order chi connectivity index (χ1) is 14.7. The fourth-order valence-electron chi connectivity index (χ4n) is 3.61. The number of phenols is 1. The maximum Gasteiger partial charge on any atom is 0.416 e. The Morgan fingerprint density at radius 3 is 2.71 bits per heavy atom. The normalized spacial score (nSPS) is 17.3. The number of likely N-dealkylation sites (N-methyl/N-ethyl adjacent to an activating group) is 1. The minimum atomic E-state index is -4.82. The van der Waals surface area contributed by atoms with Gasteiger partial charge in [-0.2, -0.15) is 13.2 Å². The maximum absolute atomic E-state index is 14.6. The molecule has 7 nitrogen and oxygen atoms in total. The fourth-order valence-corrected chi connectivity index (χ4v) is 3.61. The van der Waals surface area contributed by atoms with Gasteiger partial charge in [-0.3, -0.25) is 9.78 Å². The van der Waals surface area contributed by atoms with Gasteiger partial charge in [0.15, 0.2) is 5.82 Å². The molecule has 11 heteroatoms. The number of nitrogens with one attached hydrogen (secondary N) is 1. The molecular formula is C20H17F4N5O2. The third-order valence-corrected chi connectivity index (χ3v) is 5.19. The number of carbonyl (C=O) groups is 1. The number of alkyl halides is 3. The Morgan fingerprint density at radius 1 is 1.23 bits per heavy atom. The van der Waals surface area contributed by atoms with Crippen LogP contribution in [0, 0.1) is 5.82 Å². The molecule has 3 heterocycles. The van der Waals surface area contributed by atoms with E-state index in [9.17, 15) is 27.5 Å². The number of piperidine rings is 1. The van der Waals surface area contributed by atoms with Crippen molar-refractivity contribution in [2.24, 2.45) is 0 Å². The number of halogens is 4. The van der Waals surface area contributed by atoms with Crippen LogP contribution in [0.25, 0.3) is 22.0 Å². The summed E-state index contributed by atoms with van der Waals surface area (Å²) < 4.78 is 53.4. The van der Waals surface area contributed by atoms with E-state index in [1.165, 1.54) is 18.5 Å². The van der Waals surface area contributed by atoms with Crippen molar-refractivity contribution in [1.29, 1.82) is 0 Å². The van der Waals surface area contributed by atoms with Crippen LogP contribution < -0.4 is 5.32 Å². The lowest BCUT2D eigenvalue weighted by molar-refractivity contribution is -0.138. The summed E-state index contributed by atoms with van der Waals surface area (Å²) in [5, 5.41) is 21.8. The number of benzene rings is 1. The van der Waals surface area contributed by atoms with Crippen LogP contribution in [0.1, 0.15) is 18.4 Å². The molecule has 31 heavy (non-hydrogen) atoms. The quantitative estimate of drug-likeness (QED) is 0.611. The minimum absolute atomic E-state index is 0.111. The van der Waals surface area contributed by atoms with Crippen LogP contribution >= 0.6 is 0 Å². The number of anilines is 1. The van der Waals surface area contributed by atoms with Gasteiger partial charge in [-0.25, -0.2) is 4.39 Å². The van der Waals surface area contributed by atoms with Crippen molar-refractivity contribution in [3.8, 4) is 17.0 Å². The highest BCUT2D eigenvalue weighted by Gasteiger charge is 2.33. The van der Waals surface area contributed by atoms with Gasteiger partial charge in [-0.05, 0) is 31.0 Å². The Kier molecular flexibility index (Phi) is 5.11. The minimum Gasteiger partial charge on any atom is -0.507 e. The number of aromatic hydroxyl groups is 1. The Bertz CT molecular complexity index is 1150. The van der Waals surface area contributed by atoms with Gasteiger partial charge in [0, 0.05) is 36.8 Å². The molecule has 4 rings (SSSR count). The molecule has 2 aromatic heterocycles. The highest BCUT2D eigenvalue weighted by atomic mass is 19.4. The summed E-state index contributed by atoms with van der Waals surface area (Å²) in [6.45, 7) is 0.649. The van der Waals surface area contributed by atoms with Crippen LogP contribution in [0.3, 0.4) is 0 Å². The number of rotatable bonds is 3. The van der Waals surface area contributed by atoms with E-state index in [0.717, 1.165) is 6.42 Å². The van der Waals surface area contributed by atoms with Crippen molar-refractivity contribution in [3.05, 3.63) is 42.0 Å². The number of aromatic nitrogens is 3. The largest absolute Gasteiger partial charge is 0.507 e. The van der Waals surface area contributed by atoms with E-state index in [2.05, 4.69) is 20.5 Å². The lowest BCUT2D eigenvalue weighted by Crippen LogP contribution is -2.45. The number of carbonyl (C=O) groups excluding carboxylic acids is 1. The van der Waals surface area contributed by atoms with Crippen molar-refractivity contribution < 1.29 is 27.5 Å². The van der Waals surface area contributed by atoms with E-state index in [1.54, 1.807) is 11.9 Å². The summed E-state index contributed by atoms with van der Waals surface area (Å²) >= 11 is 0. The van der Waals surface area contributed by atoms with Crippen LogP contribution in [-0.2, 0) is 11.0 Å². The number of phenolic OH excluding ortho intramolecular Hbond substituents is 1. The molecule has 1 saturated heterocycles. The number of amides is 1. The van der Waals surface area contributed by atoms with Crippen molar-refractivity contribution >= 4 is 22.5 Å². The van der Waals surface area contributed by atoms with E-state index in [1.807, 2.05) is 0 Å². The second-order valence-corrected chi connectivity index (χ2v) is 7.27. The first-order valence-corrected chi connectivity index (χ1v) is 9.39. The molecule has 0 aliphatic carbocycles. The van der Waals surface area contributed by atoms with Crippen LogP contribution in [0.2, 0.25) is 0 Å². The predicted octanol–water partition coefficient (Wildman–Crippen LogP) is 3.59. The van der Waals surface area contributed by atoms with E-state index < -0.39 is 34.9 Å². The molecule has 2 N–H and O–H groups in total. The molecule has 162 valence electrons. The molecule has 0 radical (unpaired) electrons.